The molecule has 0 aromatic heterocycles. The lowest BCUT2D eigenvalue weighted by atomic mass is 10.1. The molecule has 1 atom stereocenters. The Morgan fingerprint density at radius 1 is 1.10 bits per heavy atom. The summed E-state index contributed by atoms with van der Waals surface area (Å²) in [7, 11) is 1.82. The number of hydrogen-bond acceptors (Lipinski definition) is 4. The minimum absolute atomic E-state index is 0.362. The van der Waals surface area contributed by atoms with Crippen molar-refractivity contribution in [2.45, 2.75) is 25.6 Å². The molecule has 7 heteroatoms. The number of guanidine groups is 1. The molecule has 31 heavy (non-hydrogen) atoms. The van der Waals surface area contributed by atoms with Gasteiger partial charge >= 0.3 is 0 Å². The van der Waals surface area contributed by atoms with E-state index < -0.39 is 0 Å². The van der Waals surface area contributed by atoms with Crippen LogP contribution in [0, 0.1) is 0 Å². The van der Waals surface area contributed by atoms with Gasteiger partial charge in [-0.1, -0.05) is 41.9 Å². The highest BCUT2D eigenvalue weighted by atomic mass is 35.5. The van der Waals surface area contributed by atoms with E-state index in [1.807, 2.05) is 25.2 Å². The molecule has 166 valence electrons. The van der Waals surface area contributed by atoms with Gasteiger partial charge in [0.05, 0.1) is 13.2 Å². The Hall–Kier alpha value is -2.28. The van der Waals surface area contributed by atoms with Crippen LogP contribution < -0.4 is 15.5 Å². The molecule has 0 spiro atoms. The molecule has 2 fully saturated rings. The SMILES string of the molecule is CN=C(NCc1ccc(CN2CCOCC2)cc1)NC1CCN(c2cccc(Cl)c2)C1. The molecule has 1 unspecified atom stereocenters. The van der Waals surface area contributed by atoms with Gasteiger partial charge in [0.2, 0.25) is 0 Å². The Morgan fingerprint density at radius 3 is 2.61 bits per heavy atom. The zero-order chi connectivity index (χ0) is 21.5. The van der Waals surface area contributed by atoms with E-state index in [0.717, 1.165) is 69.9 Å². The van der Waals surface area contributed by atoms with Gasteiger partial charge < -0.3 is 20.3 Å². The van der Waals surface area contributed by atoms with E-state index >= 15 is 0 Å². The third-order valence-electron chi connectivity index (χ3n) is 5.92. The smallest absolute Gasteiger partial charge is 0.191 e. The number of aliphatic imine (C=N–C) groups is 1. The predicted octanol–water partition coefficient (Wildman–Crippen LogP) is 3.12. The van der Waals surface area contributed by atoms with Crippen molar-refractivity contribution in [2.24, 2.45) is 4.99 Å². The lowest BCUT2D eigenvalue weighted by Crippen LogP contribution is -2.44. The Morgan fingerprint density at radius 2 is 1.87 bits per heavy atom. The highest BCUT2D eigenvalue weighted by Gasteiger charge is 2.23. The van der Waals surface area contributed by atoms with Gasteiger partial charge in [-0.15, -0.1) is 0 Å². The monoisotopic (exact) mass is 441 g/mol. The van der Waals surface area contributed by atoms with Crippen LogP contribution in [0.5, 0.6) is 0 Å². The molecular weight excluding hydrogens is 410 g/mol. The second kappa shape index (κ2) is 10.8. The van der Waals surface area contributed by atoms with Crippen LogP contribution in [0.25, 0.3) is 0 Å². The zero-order valence-corrected chi connectivity index (χ0v) is 18.9. The molecule has 0 aliphatic carbocycles. The maximum atomic E-state index is 6.15. The number of nitrogens with one attached hydrogen (secondary N) is 2. The summed E-state index contributed by atoms with van der Waals surface area (Å²) in [4.78, 5) is 9.22. The molecule has 0 bridgehead atoms. The molecule has 0 amide bonds. The van der Waals surface area contributed by atoms with Crippen molar-refractivity contribution < 1.29 is 4.74 Å². The lowest BCUT2D eigenvalue weighted by molar-refractivity contribution is 0.0342. The van der Waals surface area contributed by atoms with Crippen molar-refractivity contribution in [1.29, 1.82) is 0 Å². The van der Waals surface area contributed by atoms with Gasteiger partial charge in [0.15, 0.2) is 5.96 Å². The standard InChI is InChI=1S/C24H32ClN5O/c1-26-24(28-22-9-10-30(18-22)23-4-2-3-21(25)15-23)27-16-19-5-7-20(8-6-19)17-29-11-13-31-14-12-29/h2-8,15,22H,9-14,16-18H2,1H3,(H2,26,27,28). The van der Waals surface area contributed by atoms with E-state index in [4.69, 9.17) is 16.3 Å². The van der Waals surface area contributed by atoms with Gasteiger partial charge in [-0.2, -0.15) is 0 Å². The van der Waals surface area contributed by atoms with E-state index in [-0.39, 0.29) is 0 Å². The first-order valence-corrected chi connectivity index (χ1v) is 11.4. The van der Waals surface area contributed by atoms with Gasteiger partial charge in [0.25, 0.3) is 0 Å². The van der Waals surface area contributed by atoms with Crippen molar-refractivity contribution in [3.63, 3.8) is 0 Å². The first kappa shape index (κ1) is 21.9. The van der Waals surface area contributed by atoms with Gasteiger partial charge in [-0.05, 0) is 35.7 Å². The van der Waals surface area contributed by atoms with Crippen molar-refractivity contribution >= 4 is 23.2 Å². The average Bonchev–Trinajstić information content (AvgIpc) is 3.27. The maximum Gasteiger partial charge on any atom is 0.191 e. The minimum atomic E-state index is 0.362. The van der Waals surface area contributed by atoms with Gasteiger partial charge in [0.1, 0.15) is 0 Å². The van der Waals surface area contributed by atoms with Crippen LogP contribution in [0.1, 0.15) is 17.5 Å². The molecule has 0 saturated carbocycles. The summed E-state index contributed by atoms with van der Waals surface area (Å²) in [5.41, 5.74) is 3.78. The average molecular weight is 442 g/mol. The van der Waals surface area contributed by atoms with Crippen molar-refractivity contribution in [3.8, 4) is 0 Å². The number of nitrogens with zero attached hydrogens (tertiary/aromatic N) is 3. The fourth-order valence-electron chi connectivity index (χ4n) is 4.14. The lowest BCUT2D eigenvalue weighted by Gasteiger charge is -2.26. The Kier molecular flexibility index (Phi) is 7.67. The van der Waals surface area contributed by atoms with Crippen LogP contribution in [0.2, 0.25) is 5.02 Å². The molecule has 4 rings (SSSR count). The van der Waals surface area contributed by atoms with E-state index in [0.29, 0.717) is 6.04 Å². The fourth-order valence-corrected chi connectivity index (χ4v) is 4.32. The van der Waals surface area contributed by atoms with Gasteiger partial charge in [-0.25, -0.2) is 0 Å². The van der Waals surface area contributed by atoms with Crippen LogP contribution >= 0.6 is 11.6 Å². The summed E-state index contributed by atoms with van der Waals surface area (Å²) in [6.45, 7) is 7.41. The molecular formula is C24H32ClN5O. The Labute approximate surface area is 190 Å². The topological polar surface area (TPSA) is 52.1 Å². The van der Waals surface area contributed by atoms with Crippen LogP contribution in [0.4, 0.5) is 5.69 Å². The molecule has 6 nitrogen and oxygen atoms in total. The molecule has 2 aromatic carbocycles. The summed E-state index contributed by atoms with van der Waals surface area (Å²) < 4.78 is 5.43. The Balaban J connectivity index is 1.23. The number of hydrogen-bond donors (Lipinski definition) is 2. The van der Waals surface area contributed by atoms with Gasteiger partial charge in [0, 0.05) is 63.1 Å². The van der Waals surface area contributed by atoms with E-state index in [1.54, 1.807) is 0 Å². The third-order valence-corrected chi connectivity index (χ3v) is 6.15. The largest absolute Gasteiger partial charge is 0.379 e. The first-order valence-electron chi connectivity index (χ1n) is 11.1. The number of halogens is 1. The number of rotatable bonds is 6. The minimum Gasteiger partial charge on any atom is -0.379 e. The number of morpholine rings is 1. The molecule has 2 aliphatic rings. The number of ether oxygens (including phenoxy) is 1. The summed E-state index contributed by atoms with van der Waals surface area (Å²) in [6, 6.07) is 17.3. The van der Waals surface area contributed by atoms with Crippen LogP contribution in [-0.2, 0) is 17.8 Å². The summed E-state index contributed by atoms with van der Waals surface area (Å²) in [5, 5.41) is 7.79. The molecule has 2 aromatic rings. The van der Waals surface area contributed by atoms with Gasteiger partial charge in [-0.3, -0.25) is 9.89 Å². The van der Waals surface area contributed by atoms with Crippen LogP contribution in [0.15, 0.2) is 53.5 Å². The summed E-state index contributed by atoms with van der Waals surface area (Å²) in [5.74, 6) is 0.843. The van der Waals surface area contributed by atoms with E-state index in [1.165, 1.54) is 16.8 Å². The molecule has 0 radical (unpaired) electrons. The zero-order valence-electron chi connectivity index (χ0n) is 18.2. The summed E-state index contributed by atoms with van der Waals surface area (Å²) in [6.07, 6.45) is 1.07. The number of anilines is 1. The van der Waals surface area contributed by atoms with E-state index in [2.05, 4.69) is 55.8 Å². The molecule has 2 aliphatic heterocycles. The Bertz CT molecular complexity index is 867. The van der Waals surface area contributed by atoms with Crippen molar-refractivity contribution in [1.82, 2.24) is 15.5 Å². The normalized spacial score (nSPS) is 20.1. The molecule has 2 saturated heterocycles. The highest BCUT2D eigenvalue weighted by Crippen LogP contribution is 2.23. The second-order valence-electron chi connectivity index (χ2n) is 8.19. The number of benzene rings is 2. The van der Waals surface area contributed by atoms with Crippen LogP contribution in [-0.4, -0.2) is 63.3 Å². The van der Waals surface area contributed by atoms with Crippen LogP contribution in [0.3, 0.4) is 0 Å². The molecule has 2 heterocycles. The third kappa shape index (κ3) is 6.35. The maximum absolute atomic E-state index is 6.15. The van der Waals surface area contributed by atoms with E-state index in [9.17, 15) is 0 Å². The first-order chi connectivity index (χ1) is 15.2. The van der Waals surface area contributed by atoms with Crippen molar-refractivity contribution in [2.75, 3.05) is 51.3 Å². The quantitative estimate of drug-likeness (QED) is 0.533. The highest BCUT2D eigenvalue weighted by molar-refractivity contribution is 6.30. The summed E-state index contributed by atoms with van der Waals surface area (Å²) >= 11 is 6.15. The predicted molar refractivity (Wildman–Crippen MR) is 128 cm³/mol. The second-order valence-corrected chi connectivity index (χ2v) is 8.62. The molecule has 2 N–H and O–H groups in total. The van der Waals surface area contributed by atoms with Crippen molar-refractivity contribution in [3.05, 3.63) is 64.7 Å². The fraction of sp³-hybridized carbons (Fsp3) is 0.458.